The molecular weight excluding hydrogens is 340 g/mol. The number of aryl methyl sites for hydroxylation is 1. The lowest BCUT2D eigenvalue weighted by Crippen LogP contribution is -2.35. The second-order valence-corrected chi connectivity index (χ2v) is 7.17. The van der Waals surface area contributed by atoms with Crippen LogP contribution in [0.2, 0.25) is 0 Å². The van der Waals surface area contributed by atoms with Crippen LogP contribution >= 0.6 is 11.3 Å². The van der Waals surface area contributed by atoms with Gasteiger partial charge in [-0.1, -0.05) is 67.6 Å². The average Bonchev–Trinajstić information content (AvgIpc) is 3.22. The van der Waals surface area contributed by atoms with E-state index in [2.05, 4.69) is 53.3 Å². The van der Waals surface area contributed by atoms with E-state index < -0.39 is 0 Å². The first kappa shape index (κ1) is 18.4. The molecule has 3 aromatic rings. The van der Waals surface area contributed by atoms with Crippen molar-refractivity contribution in [3.8, 4) is 0 Å². The zero-order valence-electron chi connectivity index (χ0n) is 14.9. The molecule has 0 spiro atoms. The van der Waals surface area contributed by atoms with Crippen LogP contribution in [0.3, 0.4) is 0 Å². The maximum Gasteiger partial charge on any atom is 0.234 e. The van der Waals surface area contributed by atoms with E-state index in [1.807, 2.05) is 36.4 Å². The van der Waals surface area contributed by atoms with Crippen LogP contribution in [0.5, 0.6) is 0 Å². The number of amides is 1. The van der Waals surface area contributed by atoms with Crippen molar-refractivity contribution >= 4 is 17.2 Å². The Hall–Kier alpha value is -2.43. The first-order valence-corrected chi connectivity index (χ1v) is 9.80. The zero-order valence-corrected chi connectivity index (χ0v) is 15.8. The molecule has 3 rings (SSSR count). The van der Waals surface area contributed by atoms with Crippen molar-refractivity contribution in [3.05, 3.63) is 93.7 Å². The predicted octanol–water partition coefficient (Wildman–Crippen LogP) is 4.31. The third kappa shape index (κ3) is 5.04. The second kappa shape index (κ2) is 9.32. The van der Waals surface area contributed by atoms with Gasteiger partial charge in [0.2, 0.25) is 5.91 Å². The Morgan fingerprint density at radius 3 is 2.38 bits per heavy atom. The molecule has 0 bridgehead atoms. The number of carbonyl (C=O) groups is 1. The van der Waals surface area contributed by atoms with Crippen molar-refractivity contribution in [2.24, 2.45) is 0 Å². The van der Waals surface area contributed by atoms with E-state index in [-0.39, 0.29) is 18.5 Å². The van der Waals surface area contributed by atoms with E-state index >= 15 is 0 Å². The molecule has 0 aliphatic rings. The molecule has 1 atom stereocenters. The molecule has 0 fully saturated rings. The lowest BCUT2D eigenvalue weighted by molar-refractivity contribution is -0.120. The third-order valence-corrected chi connectivity index (χ3v) is 5.29. The van der Waals surface area contributed by atoms with E-state index in [0.29, 0.717) is 6.54 Å². The van der Waals surface area contributed by atoms with Gasteiger partial charge in [-0.25, -0.2) is 0 Å². The van der Waals surface area contributed by atoms with E-state index in [4.69, 9.17) is 0 Å². The molecular formula is C22H24N2OS. The first-order chi connectivity index (χ1) is 12.8. The van der Waals surface area contributed by atoms with E-state index in [9.17, 15) is 4.79 Å². The molecule has 0 saturated carbocycles. The Kier molecular flexibility index (Phi) is 6.58. The molecule has 1 aromatic heterocycles. The number of carbonyl (C=O) groups excluding carboxylic acids is 1. The van der Waals surface area contributed by atoms with Gasteiger partial charge in [0.1, 0.15) is 0 Å². The maximum absolute atomic E-state index is 12.3. The van der Waals surface area contributed by atoms with Crippen molar-refractivity contribution in [2.45, 2.75) is 25.9 Å². The fourth-order valence-corrected chi connectivity index (χ4v) is 3.66. The summed E-state index contributed by atoms with van der Waals surface area (Å²) in [5.74, 6) is 0.000544. The summed E-state index contributed by atoms with van der Waals surface area (Å²) < 4.78 is 0. The molecule has 4 heteroatoms. The molecule has 134 valence electrons. The average molecular weight is 365 g/mol. The van der Waals surface area contributed by atoms with Crippen LogP contribution < -0.4 is 10.6 Å². The Bertz CT molecular complexity index is 798. The highest BCUT2D eigenvalue weighted by molar-refractivity contribution is 7.10. The lowest BCUT2D eigenvalue weighted by Gasteiger charge is -2.18. The van der Waals surface area contributed by atoms with E-state index in [1.165, 1.54) is 16.0 Å². The third-order valence-electron chi connectivity index (χ3n) is 4.35. The summed E-state index contributed by atoms with van der Waals surface area (Å²) in [5.41, 5.74) is 3.60. The molecule has 0 aliphatic heterocycles. The van der Waals surface area contributed by atoms with Gasteiger partial charge < -0.3 is 5.32 Å². The minimum absolute atomic E-state index is 0.000544. The molecule has 26 heavy (non-hydrogen) atoms. The van der Waals surface area contributed by atoms with Crippen LogP contribution in [0.4, 0.5) is 0 Å². The van der Waals surface area contributed by atoms with Gasteiger partial charge >= 0.3 is 0 Å². The number of thiophene rings is 1. The van der Waals surface area contributed by atoms with Crippen LogP contribution in [-0.2, 0) is 17.8 Å². The van der Waals surface area contributed by atoms with E-state index in [1.54, 1.807) is 11.3 Å². The zero-order chi connectivity index (χ0) is 18.2. The van der Waals surface area contributed by atoms with Gasteiger partial charge in [-0.15, -0.1) is 11.3 Å². The van der Waals surface area contributed by atoms with Crippen LogP contribution in [0, 0.1) is 0 Å². The summed E-state index contributed by atoms with van der Waals surface area (Å²) in [6.45, 7) is 2.99. The smallest absolute Gasteiger partial charge is 0.234 e. The molecule has 0 unspecified atom stereocenters. The molecule has 2 aromatic carbocycles. The SMILES string of the molecule is CCc1ccc([C@H](NCC(=O)NCc2ccccc2)c2cccs2)cc1. The van der Waals surface area contributed by atoms with Gasteiger partial charge in [0.15, 0.2) is 0 Å². The summed E-state index contributed by atoms with van der Waals surface area (Å²) in [4.78, 5) is 13.5. The number of benzene rings is 2. The van der Waals surface area contributed by atoms with Crippen molar-refractivity contribution in [1.29, 1.82) is 0 Å². The Morgan fingerprint density at radius 1 is 0.962 bits per heavy atom. The van der Waals surface area contributed by atoms with Gasteiger partial charge in [-0.2, -0.15) is 0 Å². The first-order valence-electron chi connectivity index (χ1n) is 8.92. The summed E-state index contributed by atoms with van der Waals surface area (Å²) in [6.07, 6.45) is 1.03. The van der Waals surface area contributed by atoms with Gasteiger partial charge in [0.25, 0.3) is 0 Å². The quantitative estimate of drug-likeness (QED) is 0.625. The highest BCUT2D eigenvalue weighted by Crippen LogP contribution is 2.26. The minimum Gasteiger partial charge on any atom is -0.351 e. The number of rotatable bonds is 8. The summed E-state index contributed by atoms with van der Waals surface area (Å²) in [5, 5.41) is 8.45. The molecule has 0 radical (unpaired) electrons. The topological polar surface area (TPSA) is 41.1 Å². The summed E-state index contributed by atoms with van der Waals surface area (Å²) in [6, 6.07) is 22.8. The largest absolute Gasteiger partial charge is 0.351 e. The highest BCUT2D eigenvalue weighted by Gasteiger charge is 2.16. The monoisotopic (exact) mass is 364 g/mol. The summed E-state index contributed by atoms with van der Waals surface area (Å²) >= 11 is 1.70. The van der Waals surface area contributed by atoms with Crippen LogP contribution in [0.15, 0.2) is 72.1 Å². The minimum atomic E-state index is 0.000544. The van der Waals surface area contributed by atoms with Crippen molar-refractivity contribution in [2.75, 3.05) is 6.54 Å². The van der Waals surface area contributed by atoms with Gasteiger partial charge in [-0.05, 0) is 34.6 Å². The maximum atomic E-state index is 12.3. The Labute approximate surface area is 159 Å². The number of nitrogens with one attached hydrogen (secondary N) is 2. The fourth-order valence-electron chi connectivity index (χ4n) is 2.84. The highest BCUT2D eigenvalue weighted by atomic mass is 32.1. The lowest BCUT2D eigenvalue weighted by atomic mass is 10.0. The van der Waals surface area contributed by atoms with Crippen LogP contribution in [-0.4, -0.2) is 12.5 Å². The predicted molar refractivity (Wildman–Crippen MR) is 108 cm³/mol. The molecule has 1 heterocycles. The molecule has 0 saturated heterocycles. The van der Waals surface area contributed by atoms with Crippen molar-refractivity contribution < 1.29 is 4.79 Å². The molecule has 2 N–H and O–H groups in total. The molecule has 1 amide bonds. The molecule has 3 nitrogen and oxygen atoms in total. The fraction of sp³-hybridized carbons (Fsp3) is 0.227. The van der Waals surface area contributed by atoms with E-state index in [0.717, 1.165) is 12.0 Å². The molecule has 0 aliphatic carbocycles. The normalized spacial score (nSPS) is 11.9. The number of hydrogen-bond acceptors (Lipinski definition) is 3. The standard InChI is InChI=1S/C22H24N2OS/c1-2-17-10-12-19(13-11-17)22(20-9-6-14-26-20)24-16-21(25)23-15-18-7-4-3-5-8-18/h3-14,22,24H,2,15-16H2,1H3,(H,23,25)/t22-/m0/s1. The van der Waals surface area contributed by atoms with Gasteiger partial charge in [0.05, 0.1) is 12.6 Å². The van der Waals surface area contributed by atoms with Gasteiger partial charge in [0, 0.05) is 11.4 Å². The number of hydrogen-bond donors (Lipinski definition) is 2. The van der Waals surface area contributed by atoms with Crippen LogP contribution in [0.25, 0.3) is 0 Å². The Morgan fingerprint density at radius 2 is 1.73 bits per heavy atom. The van der Waals surface area contributed by atoms with Gasteiger partial charge in [-0.3, -0.25) is 10.1 Å². The van der Waals surface area contributed by atoms with Crippen molar-refractivity contribution in [1.82, 2.24) is 10.6 Å². The second-order valence-electron chi connectivity index (χ2n) is 6.19. The van der Waals surface area contributed by atoms with Crippen molar-refractivity contribution in [3.63, 3.8) is 0 Å². The summed E-state index contributed by atoms with van der Waals surface area (Å²) in [7, 11) is 0. The van der Waals surface area contributed by atoms with Crippen LogP contribution in [0.1, 0.15) is 34.5 Å². The Balaban J connectivity index is 1.61.